The maximum absolute atomic E-state index is 12.3. The van der Waals surface area contributed by atoms with Crippen LogP contribution < -0.4 is 10.6 Å². The number of halogens is 1. The molecule has 3 rings (SSSR count). The van der Waals surface area contributed by atoms with Gasteiger partial charge in [0.15, 0.2) is 0 Å². The SMILES string of the molecule is O=C(Nc1ncccc1Br)[C@@H]1Cc2ccccc2CN1. The zero-order chi connectivity index (χ0) is 13.9. The van der Waals surface area contributed by atoms with Crippen molar-refractivity contribution in [3.05, 3.63) is 58.2 Å². The molecule has 1 atom stereocenters. The third-order valence-electron chi connectivity index (χ3n) is 3.40. The van der Waals surface area contributed by atoms with E-state index in [9.17, 15) is 4.79 Å². The molecule has 20 heavy (non-hydrogen) atoms. The second-order valence-electron chi connectivity index (χ2n) is 4.73. The van der Waals surface area contributed by atoms with Gasteiger partial charge in [0.2, 0.25) is 5.91 Å². The monoisotopic (exact) mass is 331 g/mol. The highest BCUT2D eigenvalue weighted by molar-refractivity contribution is 9.10. The van der Waals surface area contributed by atoms with Crippen LogP contribution in [-0.4, -0.2) is 16.9 Å². The highest BCUT2D eigenvalue weighted by atomic mass is 79.9. The summed E-state index contributed by atoms with van der Waals surface area (Å²) < 4.78 is 0.782. The smallest absolute Gasteiger partial charge is 0.243 e. The topological polar surface area (TPSA) is 54.0 Å². The van der Waals surface area contributed by atoms with Gasteiger partial charge in [-0.05, 0) is 45.6 Å². The molecule has 102 valence electrons. The Kier molecular flexibility index (Phi) is 3.80. The molecule has 0 radical (unpaired) electrons. The van der Waals surface area contributed by atoms with Crippen molar-refractivity contribution < 1.29 is 4.79 Å². The first-order chi connectivity index (χ1) is 9.74. The van der Waals surface area contributed by atoms with E-state index in [4.69, 9.17) is 0 Å². The molecular formula is C15H14BrN3O. The third kappa shape index (κ3) is 2.73. The van der Waals surface area contributed by atoms with Crippen LogP contribution in [0.5, 0.6) is 0 Å². The molecule has 0 aliphatic carbocycles. The van der Waals surface area contributed by atoms with Crippen LogP contribution in [0.4, 0.5) is 5.82 Å². The molecule has 0 bridgehead atoms. The van der Waals surface area contributed by atoms with Crippen LogP contribution in [0.3, 0.4) is 0 Å². The Morgan fingerprint density at radius 3 is 2.85 bits per heavy atom. The number of nitrogens with zero attached hydrogens (tertiary/aromatic N) is 1. The standard InChI is InChI=1S/C15H14BrN3O/c16-12-6-3-7-17-14(12)19-15(20)13-8-10-4-1-2-5-11(10)9-18-13/h1-7,13,18H,8-9H2,(H,17,19,20)/t13-/m0/s1. The number of aromatic nitrogens is 1. The molecule has 0 spiro atoms. The van der Waals surface area contributed by atoms with Gasteiger partial charge in [0.25, 0.3) is 0 Å². The molecule has 1 aromatic carbocycles. The van der Waals surface area contributed by atoms with Gasteiger partial charge in [-0.15, -0.1) is 0 Å². The summed E-state index contributed by atoms with van der Waals surface area (Å²) >= 11 is 3.38. The molecule has 1 aromatic heterocycles. The van der Waals surface area contributed by atoms with Crippen LogP contribution in [0.1, 0.15) is 11.1 Å². The maximum Gasteiger partial charge on any atom is 0.243 e. The van der Waals surface area contributed by atoms with Crippen LogP contribution in [0.25, 0.3) is 0 Å². The van der Waals surface area contributed by atoms with E-state index in [1.54, 1.807) is 6.20 Å². The number of hydrogen-bond acceptors (Lipinski definition) is 3. The number of hydrogen-bond donors (Lipinski definition) is 2. The number of amides is 1. The Bertz CT molecular complexity index is 645. The van der Waals surface area contributed by atoms with Gasteiger partial charge in [-0.3, -0.25) is 4.79 Å². The minimum absolute atomic E-state index is 0.0566. The van der Waals surface area contributed by atoms with E-state index in [0.29, 0.717) is 12.2 Å². The van der Waals surface area contributed by atoms with Crippen LogP contribution in [0.15, 0.2) is 47.1 Å². The summed E-state index contributed by atoms with van der Waals surface area (Å²) in [7, 11) is 0. The summed E-state index contributed by atoms with van der Waals surface area (Å²) in [6, 6.07) is 11.6. The second-order valence-corrected chi connectivity index (χ2v) is 5.58. The number of nitrogens with one attached hydrogen (secondary N) is 2. The number of benzene rings is 1. The molecule has 2 heterocycles. The summed E-state index contributed by atoms with van der Waals surface area (Å²) in [5.74, 6) is 0.497. The van der Waals surface area contributed by atoms with E-state index in [1.807, 2.05) is 24.3 Å². The Morgan fingerprint density at radius 2 is 2.05 bits per heavy atom. The minimum Gasteiger partial charge on any atom is -0.308 e. The average Bonchev–Trinajstić information content (AvgIpc) is 2.49. The number of anilines is 1. The Hall–Kier alpha value is -1.72. The second kappa shape index (κ2) is 5.73. The molecule has 0 saturated carbocycles. The van der Waals surface area contributed by atoms with Gasteiger partial charge in [0, 0.05) is 12.7 Å². The van der Waals surface area contributed by atoms with Crippen molar-refractivity contribution in [2.45, 2.75) is 19.0 Å². The number of carbonyl (C=O) groups excluding carboxylic acids is 1. The van der Waals surface area contributed by atoms with Crippen LogP contribution in [0.2, 0.25) is 0 Å². The first-order valence-corrected chi connectivity index (χ1v) is 7.25. The maximum atomic E-state index is 12.3. The molecule has 2 N–H and O–H groups in total. The molecule has 4 nitrogen and oxygen atoms in total. The van der Waals surface area contributed by atoms with Gasteiger partial charge < -0.3 is 10.6 Å². The molecule has 0 saturated heterocycles. The highest BCUT2D eigenvalue weighted by Gasteiger charge is 2.24. The van der Waals surface area contributed by atoms with Crippen molar-refractivity contribution in [3.63, 3.8) is 0 Å². The van der Waals surface area contributed by atoms with Crippen LogP contribution in [0, 0.1) is 0 Å². The number of rotatable bonds is 2. The van der Waals surface area contributed by atoms with E-state index >= 15 is 0 Å². The van der Waals surface area contributed by atoms with Crippen molar-refractivity contribution in [2.75, 3.05) is 5.32 Å². The van der Waals surface area contributed by atoms with Gasteiger partial charge in [-0.1, -0.05) is 24.3 Å². The first kappa shape index (κ1) is 13.3. The van der Waals surface area contributed by atoms with Gasteiger partial charge in [-0.2, -0.15) is 0 Å². The Morgan fingerprint density at radius 1 is 1.25 bits per heavy atom. The molecule has 5 heteroatoms. The van der Waals surface area contributed by atoms with E-state index in [0.717, 1.165) is 11.0 Å². The van der Waals surface area contributed by atoms with Gasteiger partial charge in [-0.25, -0.2) is 4.98 Å². The summed E-state index contributed by atoms with van der Waals surface area (Å²) in [6.45, 7) is 0.720. The number of carbonyl (C=O) groups is 1. The fourth-order valence-corrected chi connectivity index (χ4v) is 2.68. The lowest BCUT2D eigenvalue weighted by Gasteiger charge is -2.25. The predicted octanol–water partition coefficient (Wildman–Crippen LogP) is 2.50. The third-order valence-corrected chi connectivity index (χ3v) is 4.04. The van der Waals surface area contributed by atoms with Crippen LogP contribution >= 0.6 is 15.9 Å². The number of fused-ring (bicyclic) bond motifs is 1. The number of pyridine rings is 1. The normalized spacial score (nSPS) is 17.4. The zero-order valence-electron chi connectivity index (χ0n) is 10.8. The highest BCUT2D eigenvalue weighted by Crippen LogP contribution is 2.20. The minimum atomic E-state index is -0.223. The van der Waals surface area contributed by atoms with E-state index in [2.05, 4.69) is 43.7 Å². The predicted molar refractivity (Wildman–Crippen MR) is 81.3 cm³/mol. The van der Waals surface area contributed by atoms with Crippen LogP contribution in [-0.2, 0) is 17.8 Å². The van der Waals surface area contributed by atoms with Gasteiger partial charge >= 0.3 is 0 Å². The Labute approximate surface area is 125 Å². The first-order valence-electron chi connectivity index (χ1n) is 6.45. The lowest BCUT2D eigenvalue weighted by Crippen LogP contribution is -2.44. The lowest BCUT2D eigenvalue weighted by molar-refractivity contribution is -0.118. The average molecular weight is 332 g/mol. The van der Waals surface area contributed by atoms with Gasteiger partial charge in [0.1, 0.15) is 5.82 Å². The molecular weight excluding hydrogens is 318 g/mol. The largest absolute Gasteiger partial charge is 0.308 e. The van der Waals surface area contributed by atoms with Crippen molar-refractivity contribution in [1.82, 2.24) is 10.3 Å². The summed E-state index contributed by atoms with van der Waals surface area (Å²) in [6.07, 6.45) is 2.36. The summed E-state index contributed by atoms with van der Waals surface area (Å²) in [4.78, 5) is 16.4. The van der Waals surface area contributed by atoms with Crippen molar-refractivity contribution in [3.8, 4) is 0 Å². The molecule has 0 unspecified atom stereocenters. The summed E-state index contributed by atoms with van der Waals surface area (Å²) in [5.41, 5.74) is 2.49. The molecule has 2 aromatic rings. The molecule has 1 aliphatic rings. The quantitative estimate of drug-likeness (QED) is 0.888. The Balaban J connectivity index is 1.72. The lowest BCUT2D eigenvalue weighted by atomic mass is 9.95. The van der Waals surface area contributed by atoms with E-state index < -0.39 is 0 Å². The van der Waals surface area contributed by atoms with Crippen molar-refractivity contribution >= 4 is 27.7 Å². The molecule has 1 aliphatic heterocycles. The van der Waals surface area contributed by atoms with E-state index in [1.165, 1.54) is 11.1 Å². The molecule has 0 fully saturated rings. The van der Waals surface area contributed by atoms with Gasteiger partial charge in [0.05, 0.1) is 10.5 Å². The van der Waals surface area contributed by atoms with Crippen molar-refractivity contribution in [2.24, 2.45) is 0 Å². The fraction of sp³-hybridized carbons (Fsp3) is 0.200. The summed E-state index contributed by atoms with van der Waals surface area (Å²) in [5, 5.41) is 6.11. The molecule has 1 amide bonds. The van der Waals surface area contributed by atoms with E-state index in [-0.39, 0.29) is 11.9 Å². The zero-order valence-corrected chi connectivity index (χ0v) is 12.4. The van der Waals surface area contributed by atoms with Crippen molar-refractivity contribution in [1.29, 1.82) is 0 Å². The fourth-order valence-electron chi connectivity index (χ4n) is 2.32.